The maximum atomic E-state index is 12.7. The molecule has 5 nitrogen and oxygen atoms in total. The number of alkyl halides is 1. The maximum Gasteiger partial charge on any atom is 0.230 e. The van der Waals surface area contributed by atoms with Crippen LogP contribution in [0.15, 0.2) is 30.7 Å². The quantitative estimate of drug-likeness (QED) is 0.587. The fourth-order valence-electron chi connectivity index (χ4n) is 2.40. The highest BCUT2D eigenvalue weighted by molar-refractivity contribution is 7.80. The van der Waals surface area contributed by atoms with Crippen molar-refractivity contribution >= 4 is 24.2 Å². The Morgan fingerprint density at radius 1 is 1.46 bits per heavy atom. The molecule has 1 unspecified atom stereocenters. The Labute approximate surface area is 147 Å². The average Bonchev–Trinajstić information content (AvgIpc) is 3.00. The summed E-state index contributed by atoms with van der Waals surface area (Å²) in [5.74, 6) is 0.242. The molecule has 2 aromatic rings. The molecule has 0 aliphatic rings. The van der Waals surface area contributed by atoms with E-state index < -0.39 is 0 Å². The Kier molecular flexibility index (Phi) is 6.78. The van der Waals surface area contributed by atoms with Crippen molar-refractivity contribution in [1.82, 2.24) is 14.8 Å². The largest absolute Gasteiger partial charge is 0.309 e. The summed E-state index contributed by atoms with van der Waals surface area (Å²) in [6.45, 7) is 3.81. The van der Waals surface area contributed by atoms with E-state index in [0.717, 1.165) is 17.1 Å². The summed E-state index contributed by atoms with van der Waals surface area (Å²) < 4.78 is 14.1. The minimum Gasteiger partial charge on any atom is -0.309 e. The Hall–Kier alpha value is -1.89. The third-order valence-corrected chi connectivity index (χ3v) is 4.35. The number of anilines is 1. The van der Waals surface area contributed by atoms with Crippen molar-refractivity contribution in [2.75, 3.05) is 23.9 Å². The summed E-state index contributed by atoms with van der Waals surface area (Å²) >= 11 is 4.22. The van der Waals surface area contributed by atoms with Crippen LogP contribution in [0.3, 0.4) is 0 Å². The Morgan fingerprint density at radius 3 is 2.88 bits per heavy atom. The molecule has 0 radical (unpaired) electrons. The van der Waals surface area contributed by atoms with Gasteiger partial charge in [0, 0.05) is 24.4 Å². The molecule has 1 atom stereocenters. The Morgan fingerprint density at radius 2 is 2.25 bits per heavy atom. The van der Waals surface area contributed by atoms with Crippen molar-refractivity contribution in [3.05, 3.63) is 36.4 Å². The Balaban J connectivity index is 2.31. The molecule has 0 aliphatic heterocycles. The second-order valence-electron chi connectivity index (χ2n) is 5.73. The van der Waals surface area contributed by atoms with Crippen LogP contribution in [0.2, 0.25) is 0 Å². The number of aromatic nitrogens is 3. The van der Waals surface area contributed by atoms with Gasteiger partial charge in [0.2, 0.25) is 5.91 Å². The summed E-state index contributed by atoms with van der Waals surface area (Å²) in [4.78, 5) is 18.5. The summed E-state index contributed by atoms with van der Waals surface area (Å²) in [5, 5.41) is 4.49. The number of unbranched alkanes of at least 4 members (excludes halogenated alkanes) is 1. The topological polar surface area (TPSA) is 51.0 Å². The van der Waals surface area contributed by atoms with E-state index in [1.54, 1.807) is 22.0 Å². The van der Waals surface area contributed by atoms with E-state index in [0.29, 0.717) is 25.1 Å². The van der Waals surface area contributed by atoms with Crippen molar-refractivity contribution in [3.63, 3.8) is 0 Å². The zero-order valence-corrected chi connectivity index (χ0v) is 14.9. The fraction of sp³-hybridized carbons (Fsp3) is 0.471. The smallest absolute Gasteiger partial charge is 0.230 e. The Bertz CT molecular complexity index is 662. The summed E-state index contributed by atoms with van der Waals surface area (Å²) in [5.41, 5.74) is 2.32. The van der Waals surface area contributed by atoms with E-state index in [1.165, 1.54) is 0 Å². The lowest BCUT2D eigenvalue weighted by Crippen LogP contribution is -2.37. The molecule has 0 saturated heterocycles. The van der Waals surface area contributed by atoms with Gasteiger partial charge in [-0.2, -0.15) is 17.7 Å². The molecule has 2 heterocycles. The lowest BCUT2D eigenvalue weighted by molar-refractivity contribution is -0.121. The van der Waals surface area contributed by atoms with Crippen LogP contribution in [-0.4, -0.2) is 39.6 Å². The predicted molar refractivity (Wildman–Crippen MR) is 96.7 cm³/mol. The molecule has 0 saturated carbocycles. The van der Waals surface area contributed by atoms with Gasteiger partial charge in [-0.15, -0.1) is 0 Å². The first kappa shape index (κ1) is 18.4. The van der Waals surface area contributed by atoms with Crippen LogP contribution in [0.25, 0.3) is 5.69 Å². The van der Waals surface area contributed by atoms with Gasteiger partial charge < -0.3 is 4.90 Å². The van der Waals surface area contributed by atoms with Crippen LogP contribution < -0.4 is 4.90 Å². The van der Waals surface area contributed by atoms with Gasteiger partial charge in [0.15, 0.2) is 0 Å². The average molecular weight is 350 g/mol. The molecular weight excluding hydrogens is 327 g/mol. The second kappa shape index (κ2) is 8.82. The van der Waals surface area contributed by atoms with Gasteiger partial charge in [-0.1, -0.05) is 6.92 Å². The third-order valence-electron chi connectivity index (χ3n) is 3.80. The van der Waals surface area contributed by atoms with E-state index in [4.69, 9.17) is 0 Å². The molecule has 24 heavy (non-hydrogen) atoms. The van der Waals surface area contributed by atoms with Crippen LogP contribution in [-0.2, 0) is 4.79 Å². The number of hydrogen-bond acceptors (Lipinski definition) is 4. The normalized spacial score (nSPS) is 12.2. The highest BCUT2D eigenvalue weighted by atomic mass is 32.1. The van der Waals surface area contributed by atoms with Gasteiger partial charge in [0.1, 0.15) is 0 Å². The lowest BCUT2D eigenvalue weighted by atomic mass is 10.1. The minimum atomic E-state index is -0.377. The summed E-state index contributed by atoms with van der Waals surface area (Å²) in [6, 6.07) is 3.73. The van der Waals surface area contributed by atoms with Crippen LogP contribution >= 0.6 is 12.6 Å². The number of halogens is 1. The van der Waals surface area contributed by atoms with Gasteiger partial charge in [-0.3, -0.25) is 14.2 Å². The minimum absolute atomic E-state index is 0.0160. The number of thiol groups is 1. The van der Waals surface area contributed by atoms with Gasteiger partial charge in [0.25, 0.3) is 0 Å². The molecule has 0 N–H and O–H groups in total. The van der Waals surface area contributed by atoms with Crippen molar-refractivity contribution in [2.45, 2.75) is 26.7 Å². The molecule has 0 bridgehead atoms. The van der Waals surface area contributed by atoms with E-state index in [2.05, 4.69) is 22.7 Å². The van der Waals surface area contributed by atoms with Gasteiger partial charge in [-0.25, -0.2) is 4.68 Å². The first-order valence-corrected chi connectivity index (χ1v) is 8.66. The molecule has 0 aliphatic carbocycles. The van der Waals surface area contributed by atoms with Crippen molar-refractivity contribution in [3.8, 4) is 5.69 Å². The highest BCUT2D eigenvalue weighted by Crippen LogP contribution is 2.23. The fourth-order valence-corrected chi connectivity index (χ4v) is 2.55. The molecular formula is C17H23FN4OS. The number of hydrogen-bond donors (Lipinski definition) is 1. The van der Waals surface area contributed by atoms with E-state index in [-0.39, 0.29) is 18.5 Å². The number of amides is 1. The lowest BCUT2D eigenvalue weighted by Gasteiger charge is -2.24. The monoisotopic (exact) mass is 350 g/mol. The third kappa shape index (κ3) is 4.35. The number of carbonyl (C=O) groups is 1. The van der Waals surface area contributed by atoms with E-state index >= 15 is 0 Å². The number of rotatable bonds is 8. The molecule has 0 fully saturated rings. The first-order valence-electron chi connectivity index (χ1n) is 8.03. The van der Waals surface area contributed by atoms with Gasteiger partial charge in [-0.05, 0) is 31.9 Å². The zero-order chi connectivity index (χ0) is 17.5. The van der Waals surface area contributed by atoms with Crippen LogP contribution in [0, 0.1) is 12.8 Å². The molecule has 1 amide bonds. The van der Waals surface area contributed by atoms with E-state index in [9.17, 15) is 9.18 Å². The zero-order valence-electron chi connectivity index (χ0n) is 14.0. The molecule has 0 aromatic carbocycles. The highest BCUT2D eigenvalue weighted by Gasteiger charge is 2.24. The van der Waals surface area contributed by atoms with Crippen LogP contribution in [0.1, 0.15) is 25.5 Å². The number of nitrogens with zero attached hydrogens (tertiary/aromatic N) is 4. The van der Waals surface area contributed by atoms with Crippen LogP contribution in [0.4, 0.5) is 10.1 Å². The molecule has 2 rings (SSSR count). The van der Waals surface area contributed by atoms with Crippen molar-refractivity contribution < 1.29 is 9.18 Å². The number of aryl methyl sites for hydroxylation is 1. The maximum absolute atomic E-state index is 12.7. The summed E-state index contributed by atoms with van der Waals surface area (Å²) in [7, 11) is 0. The number of carbonyl (C=O) groups excluding carboxylic acids is 1. The summed E-state index contributed by atoms with van der Waals surface area (Å²) in [6.07, 6.45) is 6.28. The van der Waals surface area contributed by atoms with Crippen molar-refractivity contribution in [2.24, 2.45) is 5.92 Å². The first-order chi connectivity index (χ1) is 11.6. The van der Waals surface area contributed by atoms with E-state index in [1.807, 2.05) is 32.2 Å². The number of pyridine rings is 1. The SMILES string of the molecule is Cc1nn(-c2cccnc2)cc1N(CCCCF)C(=O)C(C)CS. The predicted octanol–water partition coefficient (Wildman–Crippen LogP) is 3.22. The van der Waals surface area contributed by atoms with Crippen molar-refractivity contribution in [1.29, 1.82) is 0 Å². The molecule has 2 aromatic heterocycles. The van der Waals surface area contributed by atoms with Crippen LogP contribution in [0.5, 0.6) is 0 Å². The van der Waals surface area contributed by atoms with Gasteiger partial charge in [0.05, 0.1) is 36.1 Å². The van der Waals surface area contributed by atoms with Gasteiger partial charge >= 0.3 is 0 Å². The molecule has 0 spiro atoms. The molecule has 130 valence electrons. The standard InChI is InChI=1S/C17H23FN4OS/c1-13(12-24)17(23)21(9-4-3-7-18)16-11-22(20-14(16)2)15-6-5-8-19-10-15/h5-6,8,10-11,13,24H,3-4,7,9,12H2,1-2H3. The molecule has 7 heteroatoms. The second-order valence-corrected chi connectivity index (χ2v) is 6.09.